The number of fused-ring (bicyclic) bond motifs is 1. The third-order valence-electron chi connectivity index (χ3n) is 6.26. The highest BCUT2D eigenvalue weighted by Gasteiger charge is 2.23. The average molecular weight is 537 g/mol. The van der Waals surface area contributed by atoms with Gasteiger partial charge in [-0.2, -0.15) is 10.1 Å². The van der Waals surface area contributed by atoms with Gasteiger partial charge in [0, 0.05) is 56.0 Å². The topological polar surface area (TPSA) is 133 Å². The molecule has 0 saturated carbocycles. The Hall–Kier alpha value is -4.65. The molecular formula is C26H32N8O5. The number of ether oxygens (including phenoxy) is 3. The quantitative estimate of drug-likeness (QED) is 0.222. The molecule has 206 valence electrons. The molecular weight excluding hydrogens is 504 g/mol. The molecule has 4 aromatic rings. The van der Waals surface area contributed by atoms with E-state index >= 15 is 0 Å². The van der Waals surface area contributed by atoms with E-state index in [0.29, 0.717) is 41.0 Å². The van der Waals surface area contributed by atoms with E-state index in [1.807, 2.05) is 50.0 Å². The van der Waals surface area contributed by atoms with Crippen LogP contribution in [0.2, 0.25) is 0 Å². The van der Waals surface area contributed by atoms with Crippen molar-refractivity contribution in [3.63, 3.8) is 0 Å². The summed E-state index contributed by atoms with van der Waals surface area (Å²) in [7, 11) is 10.4. The number of aromatic nitrogens is 4. The second kappa shape index (κ2) is 11.4. The van der Waals surface area contributed by atoms with Gasteiger partial charge in [-0.15, -0.1) is 0 Å². The third-order valence-corrected chi connectivity index (χ3v) is 6.26. The summed E-state index contributed by atoms with van der Waals surface area (Å²) in [6.07, 6.45) is 1.58. The molecule has 39 heavy (non-hydrogen) atoms. The van der Waals surface area contributed by atoms with E-state index in [-0.39, 0.29) is 11.6 Å². The highest BCUT2D eigenvalue weighted by Crippen LogP contribution is 2.39. The first-order valence-corrected chi connectivity index (χ1v) is 12.1. The van der Waals surface area contributed by atoms with E-state index in [0.717, 1.165) is 23.1 Å². The van der Waals surface area contributed by atoms with Crippen molar-refractivity contribution in [2.75, 3.05) is 65.8 Å². The Morgan fingerprint density at radius 3 is 2.33 bits per heavy atom. The maximum absolute atomic E-state index is 12.0. The maximum atomic E-state index is 12.0. The summed E-state index contributed by atoms with van der Waals surface area (Å²) in [6.45, 7) is 3.23. The number of nitro groups is 1. The lowest BCUT2D eigenvalue weighted by Crippen LogP contribution is -2.28. The number of hydrogen-bond donors (Lipinski definition) is 1. The monoisotopic (exact) mass is 536 g/mol. The van der Waals surface area contributed by atoms with Gasteiger partial charge in [0.1, 0.15) is 11.4 Å². The highest BCUT2D eigenvalue weighted by atomic mass is 16.6. The molecule has 0 atom stereocenters. The number of likely N-dealkylation sites (N-methyl/N-ethyl adjacent to an activating group) is 2. The Balaban J connectivity index is 1.72. The van der Waals surface area contributed by atoms with E-state index in [1.54, 1.807) is 37.2 Å². The molecule has 13 heteroatoms. The van der Waals surface area contributed by atoms with Crippen LogP contribution >= 0.6 is 0 Å². The summed E-state index contributed by atoms with van der Waals surface area (Å²) in [4.78, 5) is 24.3. The van der Waals surface area contributed by atoms with Crippen molar-refractivity contribution in [2.45, 2.75) is 6.92 Å². The first kappa shape index (κ1) is 27.4. The number of benzene rings is 2. The molecule has 0 bridgehead atoms. The van der Waals surface area contributed by atoms with Crippen molar-refractivity contribution >= 4 is 33.9 Å². The van der Waals surface area contributed by atoms with Crippen molar-refractivity contribution in [3.8, 4) is 23.1 Å². The SMILES string of the molecule is COc1cc(N(C)CCN(C)C)c([N+](=O)[O-])cc1Nc1nccc(-n2nc(C)c3cc(OC)c(OC)cc32)n1. The molecule has 0 spiro atoms. The van der Waals surface area contributed by atoms with E-state index in [9.17, 15) is 10.1 Å². The Morgan fingerprint density at radius 1 is 1.00 bits per heavy atom. The van der Waals surface area contributed by atoms with Gasteiger partial charge >= 0.3 is 0 Å². The van der Waals surface area contributed by atoms with Crippen molar-refractivity contribution in [1.29, 1.82) is 0 Å². The van der Waals surface area contributed by atoms with Gasteiger partial charge in [-0.05, 0) is 27.1 Å². The molecule has 2 aromatic heterocycles. The van der Waals surface area contributed by atoms with Gasteiger partial charge in [0.25, 0.3) is 5.69 Å². The Bertz CT molecular complexity index is 1500. The molecule has 1 N–H and O–H groups in total. The lowest BCUT2D eigenvalue weighted by atomic mass is 10.2. The zero-order chi connectivity index (χ0) is 28.3. The number of nitrogens with one attached hydrogen (secondary N) is 1. The van der Waals surface area contributed by atoms with Crippen molar-refractivity contribution < 1.29 is 19.1 Å². The molecule has 0 aliphatic heterocycles. The molecule has 0 unspecified atom stereocenters. The number of hydrogen-bond acceptors (Lipinski definition) is 11. The second-order valence-electron chi connectivity index (χ2n) is 9.11. The average Bonchev–Trinajstić information content (AvgIpc) is 3.25. The zero-order valence-electron chi connectivity index (χ0n) is 23.1. The molecule has 2 heterocycles. The minimum Gasteiger partial charge on any atom is -0.494 e. The summed E-state index contributed by atoms with van der Waals surface area (Å²) < 4.78 is 18.2. The number of nitro benzene ring substituents is 1. The molecule has 0 radical (unpaired) electrons. The van der Waals surface area contributed by atoms with Crippen LogP contribution in [0.1, 0.15) is 5.69 Å². The first-order valence-electron chi connectivity index (χ1n) is 12.1. The van der Waals surface area contributed by atoms with Gasteiger partial charge in [0.05, 0.1) is 43.2 Å². The second-order valence-corrected chi connectivity index (χ2v) is 9.11. The number of methoxy groups -OCH3 is 3. The van der Waals surface area contributed by atoms with E-state index in [1.165, 1.54) is 13.2 Å². The Morgan fingerprint density at radius 2 is 1.69 bits per heavy atom. The number of aryl methyl sites for hydroxylation is 1. The molecule has 4 rings (SSSR count). The van der Waals surface area contributed by atoms with Crippen LogP contribution in [0.15, 0.2) is 36.5 Å². The summed E-state index contributed by atoms with van der Waals surface area (Å²) in [5, 5.41) is 20.6. The van der Waals surface area contributed by atoms with Crippen LogP contribution < -0.4 is 24.4 Å². The van der Waals surface area contributed by atoms with Gasteiger partial charge in [-0.3, -0.25) is 10.1 Å². The molecule has 0 aliphatic rings. The number of anilines is 3. The smallest absolute Gasteiger partial charge is 0.294 e. The van der Waals surface area contributed by atoms with Crippen molar-refractivity contribution in [1.82, 2.24) is 24.6 Å². The largest absolute Gasteiger partial charge is 0.494 e. The fraction of sp³-hybridized carbons (Fsp3) is 0.346. The van der Waals surface area contributed by atoms with Crippen molar-refractivity contribution in [2.24, 2.45) is 0 Å². The zero-order valence-corrected chi connectivity index (χ0v) is 23.1. The Kier molecular flexibility index (Phi) is 8.00. The first-order chi connectivity index (χ1) is 18.7. The summed E-state index contributed by atoms with van der Waals surface area (Å²) in [5.74, 6) is 2.29. The van der Waals surface area contributed by atoms with Gasteiger partial charge < -0.3 is 29.3 Å². The fourth-order valence-electron chi connectivity index (χ4n) is 4.16. The minimum atomic E-state index is -0.413. The lowest BCUT2D eigenvalue weighted by molar-refractivity contribution is -0.384. The highest BCUT2D eigenvalue weighted by molar-refractivity contribution is 5.87. The van der Waals surface area contributed by atoms with Crippen LogP contribution in [-0.4, -0.2) is 85.1 Å². The van der Waals surface area contributed by atoms with E-state index in [2.05, 4.69) is 20.4 Å². The molecule has 2 aromatic carbocycles. The van der Waals surface area contributed by atoms with Crippen LogP contribution in [-0.2, 0) is 0 Å². The predicted octanol–water partition coefficient (Wildman–Crippen LogP) is 3.80. The maximum Gasteiger partial charge on any atom is 0.294 e. The summed E-state index contributed by atoms with van der Waals surface area (Å²) >= 11 is 0. The summed E-state index contributed by atoms with van der Waals surface area (Å²) in [5.41, 5.74) is 2.30. The fourth-order valence-corrected chi connectivity index (χ4v) is 4.16. The normalized spacial score (nSPS) is 11.1. The van der Waals surface area contributed by atoms with E-state index in [4.69, 9.17) is 14.2 Å². The predicted molar refractivity (Wildman–Crippen MR) is 149 cm³/mol. The van der Waals surface area contributed by atoms with Crippen LogP contribution in [0.4, 0.5) is 23.0 Å². The van der Waals surface area contributed by atoms with Gasteiger partial charge in [0.15, 0.2) is 17.3 Å². The van der Waals surface area contributed by atoms with Gasteiger partial charge in [0.2, 0.25) is 5.95 Å². The number of nitrogens with zero attached hydrogens (tertiary/aromatic N) is 7. The standard InChI is InChI=1S/C26H32N8O5/c1-16-17-12-23(38-6)24(39-7)14-19(17)33(30-16)25-8-9-27-26(29-25)28-18-13-21(34(35)36)20(15-22(18)37-5)32(4)11-10-31(2)3/h8-9,12-15H,10-11H2,1-7H3,(H,27,28,29). The molecule has 13 nitrogen and oxygen atoms in total. The third kappa shape index (κ3) is 5.62. The number of rotatable bonds is 11. The molecule has 0 aliphatic carbocycles. The Labute approximate surface area is 226 Å². The van der Waals surface area contributed by atoms with Gasteiger partial charge in [-0.25, -0.2) is 9.67 Å². The lowest BCUT2D eigenvalue weighted by Gasteiger charge is -2.22. The van der Waals surface area contributed by atoms with Crippen LogP contribution in [0.25, 0.3) is 16.7 Å². The molecule has 0 amide bonds. The van der Waals surface area contributed by atoms with Crippen molar-refractivity contribution in [3.05, 3.63) is 52.3 Å². The van der Waals surface area contributed by atoms with Gasteiger partial charge in [-0.1, -0.05) is 0 Å². The summed E-state index contributed by atoms with van der Waals surface area (Å²) in [6, 6.07) is 8.50. The van der Waals surface area contributed by atoms with Crippen LogP contribution in [0, 0.1) is 17.0 Å². The van der Waals surface area contributed by atoms with E-state index < -0.39 is 4.92 Å². The van der Waals surface area contributed by atoms with Crippen LogP contribution in [0.5, 0.6) is 17.2 Å². The molecule has 0 fully saturated rings. The minimum absolute atomic E-state index is 0.0644. The van der Waals surface area contributed by atoms with Crippen LogP contribution in [0.3, 0.4) is 0 Å². The molecule has 0 saturated heterocycles.